The van der Waals surface area contributed by atoms with Gasteiger partial charge in [0.1, 0.15) is 17.6 Å². The number of nitrogens with zero attached hydrogens (tertiary/aromatic N) is 1. The maximum atomic E-state index is 11.2. The largest absolute Gasteiger partial charge is 0.497 e. The van der Waals surface area contributed by atoms with Crippen molar-refractivity contribution in [1.29, 1.82) is 0 Å². The van der Waals surface area contributed by atoms with Crippen LogP contribution in [-0.4, -0.2) is 25.7 Å². The molecule has 0 saturated heterocycles. The normalized spacial score (nSPS) is 16.8. The second-order valence-corrected chi connectivity index (χ2v) is 6.30. The summed E-state index contributed by atoms with van der Waals surface area (Å²) in [5, 5.41) is 1.80. The summed E-state index contributed by atoms with van der Waals surface area (Å²) in [6, 6.07) is 7.66. The van der Waals surface area contributed by atoms with Crippen molar-refractivity contribution < 1.29 is 14.3 Å². The van der Waals surface area contributed by atoms with Crippen molar-refractivity contribution >= 4 is 22.9 Å². The second kappa shape index (κ2) is 5.88. The van der Waals surface area contributed by atoms with Crippen molar-refractivity contribution in [1.82, 2.24) is 0 Å². The molecule has 1 atom stereocenters. The van der Waals surface area contributed by atoms with Gasteiger partial charge in [-0.1, -0.05) is 0 Å². The first kappa shape index (κ1) is 14.7. The molecule has 6 heteroatoms. The Morgan fingerprint density at radius 2 is 2.32 bits per heavy atom. The first-order chi connectivity index (χ1) is 10.6. The molecule has 2 aromatic rings. The van der Waals surface area contributed by atoms with Crippen molar-refractivity contribution in [2.75, 3.05) is 18.6 Å². The molecule has 5 nitrogen and oxygen atoms in total. The van der Waals surface area contributed by atoms with Crippen LogP contribution in [0.2, 0.25) is 0 Å². The van der Waals surface area contributed by atoms with Crippen molar-refractivity contribution in [3.8, 4) is 11.5 Å². The Hall–Kier alpha value is -2.21. The Labute approximate surface area is 133 Å². The van der Waals surface area contributed by atoms with Crippen LogP contribution in [0.5, 0.6) is 11.5 Å². The molecule has 0 unspecified atom stereocenters. The molecule has 2 heterocycles. The summed E-state index contributed by atoms with van der Waals surface area (Å²) in [7, 11) is 1.65. The fourth-order valence-corrected chi connectivity index (χ4v) is 3.45. The molecule has 3 rings (SSSR count). The van der Waals surface area contributed by atoms with Gasteiger partial charge in [-0.05, 0) is 25.1 Å². The van der Waals surface area contributed by atoms with E-state index >= 15 is 0 Å². The van der Waals surface area contributed by atoms with E-state index in [1.165, 1.54) is 0 Å². The highest BCUT2D eigenvalue weighted by molar-refractivity contribution is 7.10. The molecule has 0 bridgehead atoms. The van der Waals surface area contributed by atoms with Crippen LogP contribution < -0.4 is 20.1 Å². The number of hydrogen-bond donors (Lipinski definition) is 1. The van der Waals surface area contributed by atoms with E-state index in [-0.39, 0.29) is 12.0 Å². The Morgan fingerprint density at radius 3 is 3.00 bits per heavy atom. The zero-order valence-electron chi connectivity index (χ0n) is 12.5. The molecular formula is C16H18N2O3S. The summed E-state index contributed by atoms with van der Waals surface area (Å²) in [6.45, 7) is 3.54. The molecular weight excluding hydrogens is 300 g/mol. The summed E-state index contributed by atoms with van der Waals surface area (Å²) in [6.07, 6.45) is 0.108. The Kier molecular flexibility index (Phi) is 3.94. The standard InChI is InChI=1S/C16H18N2O3S/c1-10-7-18(8-13-5-11(9-22-13)16(17)19)14-6-12(20-2)3-4-15(14)21-10/h3-6,9-10H,7-8H2,1-2H3,(H2,17,19)/t10-/m0/s1. The van der Waals surface area contributed by atoms with Crippen LogP contribution in [-0.2, 0) is 6.54 Å². The third-order valence-electron chi connectivity index (χ3n) is 3.60. The SMILES string of the molecule is COc1ccc2c(c1)N(Cc1cc(C(N)=O)cs1)C[C@H](C)O2. The highest BCUT2D eigenvalue weighted by Gasteiger charge is 2.24. The van der Waals surface area contributed by atoms with Crippen LogP contribution in [0.3, 0.4) is 0 Å². The van der Waals surface area contributed by atoms with Gasteiger partial charge in [-0.2, -0.15) is 0 Å². The zero-order valence-corrected chi connectivity index (χ0v) is 13.4. The maximum absolute atomic E-state index is 11.2. The van der Waals surface area contributed by atoms with Crippen LogP contribution in [0.4, 0.5) is 5.69 Å². The van der Waals surface area contributed by atoms with Crippen LogP contribution in [0, 0.1) is 0 Å². The molecule has 1 aromatic heterocycles. The van der Waals surface area contributed by atoms with Gasteiger partial charge in [-0.3, -0.25) is 4.79 Å². The van der Waals surface area contributed by atoms with Crippen LogP contribution in [0.25, 0.3) is 0 Å². The minimum absolute atomic E-state index is 0.108. The van der Waals surface area contributed by atoms with Crippen LogP contribution in [0.15, 0.2) is 29.6 Å². The molecule has 1 aliphatic heterocycles. The number of anilines is 1. The molecule has 1 aromatic carbocycles. The smallest absolute Gasteiger partial charge is 0.249 e. The van der Waals surface area contributed by atoms with Crippen molar-refractivity contribution in [3.05, 3.63) is 40.1 Å². The molecule has 0 saturated carbocycles. The predicted molar refractivity (Wildman–Crippen MR) is 87.0 cm³/mol. The number of methoxy groups -OCH3 is 1. The molecule has 116 valence electrons. The number of rotatable bonds is 4. The number of nitrogens with two attached hydrogens (primary N) is 1. The van der Waals surface area contributed by atoms with Gasteiger partial charge in [-0.25, -0.2) is 0 Å². The van der Waals surface area contributed by atoms with Crippen LogP contribution in [0.1, 0.15) is 22.2 Å². The summed E-state index contributed by atoms with van der Waals surface area (Å²) in [4.78, 5) is 14.6. The minimum Gasteiger partial charge on any atom is -0.497 e. The number of benzene rings is 1. The summed E-state index contributed by atoms with van der Waals surface area (Å²) in [5.41, 5.74) is 6.88. The number of carbonyl (C=O) groups excluding carboxylic acids is 1. The van der Waals surface area contributed by atoms with Gasteiger partial charge in [0.15, 0.2) is 0 Å². The third kappa shape index (κ3) is 2.87. The highest BCUT2D eigenvalue weighted by atomic mass is 32.1. The van der Waals surface area contributed by atoms with Crippen molar-refractivity contribution in [2.24, 2.45) is 5.73 Å². The van der Waals surface area contributed by atoms with Gasteiger partial charge >= 0.3 is 0 Å². The van der Waals surface area contributed by atoms with E-state index in [1.54, 1.807) is 23.8 Å². The number of thiophene rings is 1. The van der Waals surface area contributed by atoms with Crippen molar-refractivity contribution in [2.45, 2.75) is 19.6 Å². The van der Waals surface area contributed by atoms with Crippen LogP contribution >= 0.6 is 11.3 Å². The van der Waals surface area contributed by atoms with E-state index < -0.39 is 0 Å². The van der Waals surface area contributed by atoms with Gasteiger partial charge < -0.3 is 20.1 Å². The average molecular weight is 318 g/mol. The molecule has 1 aliphatic rings. The topological polar surface area (TPSA) is 64.8 Å². The quantitative estimate of drug-likeness (QED) is 0.941. The minimum atomic E-state index is -0.389. The monoisotopic (exact) mass is 318 g/mol. The van der Waals surface area contributed by atoms with E-state index in [0.29, 0.717) is 12.1 Å². The first-order valence-corrected chi connectivity index (χ1v) is 7.91. The fraction of sp³-hybridized carbons (Fsp3) is 0.312. The molecule has 0 fully saturated rings. The van der Waals surface area contributed by atoms with E-state index in [4.69, 9.17) is 15.2 Å². The maximum Gasteiger partial charge on any atom is 0.249 e. The molecule has 0 spiro atoms. The summed E-state index contributed by atoms with van der Waals surface area (Å²) in [5.74, 6) is 1.26. The van der Waals surface area contributed by atoms with Gasteiger partial charge in [0.05, 0.1) is 31.5 Å². The number of amides is 1. The van der Waals surface area contributed by atoms with E-state index in [9.17, 15) is 4.79 Å². The second-order valence-electron chi connectivity index (χ2n) is 5.31. The zero-order chi connectivity index (χ0) is 15.7. The van der Waals surface area contributed by atoms with Gasteiger partial charge in [0, 0.05) is 16.3 Å². The molecule has 2 N–H and O–H groups in total. The predicted octanol–water partition coefficient (Wildman–Crippen LogP) is 2.64. The highest BCUT2D eigenvalue weighted by Crippen LogP contribution is 2.37. The molecule has 0 aliphatic carbocycles. The molecule has 0 radical (unpaired) electrons. The first-order valence-electron chi connectivity index (χ1n) is 7.03. The Morgan fingerprint density at radius 1 is 1.50 bits per heavy atom. The number of carbonyl (C=O) groups is 1. The fourth-order valence-electron chi connectivity index (χ4n) is 2.56. The van der Waals surface area contributed by atoms with E-state index in [1.807, 2.05) is 31.2 Å². The third-order valence-corrected chi connectivity index (χ3v) is 4.52. The Bertz CT molecular complexity index is 698. The molecule has 22 heavy (non-hydrogen) atoms. The lowest BCUT2D eigenvalue weighted by Crippen LogP contribution is -2.37. The Balaban J connectivity index is 1.88. The van der Waals surface area contributed by atoms with Crippen molar-refractivity contribution in [3.63, 3.8) is 0 Å². The van der Waals surface area contributed by atoms with E-state index in [2.05, 4.69) is 4.90 Å². The van der Waals surface area contributed by atoms with Gasteiger partial charge in [0.25, 0.3) is 0 Å². The van der Waals surface area contributed by atoms with E-state index in [0.717, 1.165) is 28.6 Å². The number of ether oxygens (including phenoxy) is 2. The number of fused-ring (bicyclic) bond motifs is 1. The lowest BCUT2D eigenvalue weighted by Gasteiger charge is -2.35. The lowest BCUT2D eigenvalue weighted by molar-refractivity contribution is 0.100. The molecule has 1 amide bonds. The average Bonchev–Trinajstić information content (AvgIpc) is 2.95. The van der Waals surface area contributed by atoms with Gasteiger partial charge in [-0.15, -0.1) is 11.3 Å². The van der Waals surface area contributed by atoms with Gasteiger partial charge in [0.2, 0.25) is 5.91 Å². The number of hydrogen-bond acceptors (Lipinski definition) is 5. The number of primary amides is 1. The summed E-state index contributed by atoms with van der Waals surface area (Å²) >= 11 is 1.54. The summed E-state index contributed by atoms with van der Waals surface area (Å²) < 4.78 is 11.2. The lowest BCUT2D eigenvalue weighted by atomic mass is 10.2.